The number of hydrogen-bond donors (Lipinski definition) is 0. The predicted octanol–water partition coefficient (Wildman–Crippen LogP) is 3.57. The highest BCUT2D eigenvalue weighted by Gasteiger charge is 2.24. The number of hydrogen-bond acceptors (Lipinski definition) is 5. The molecule has 0 unspecified atom stereocenters. The Morgan fingerprint density at radius 1 is 0.963 bits per heavy atom. The molecule has 1 aliphatic rings. The minimum Gasteiger partial charge on any atom is -0.331 e. The molecule has 0 bridgehead atoms. The Morgan fingerprint density at radius 3 is 2.33 bits per heavy atom. The topological polar surface area (TPSA) is 59.7 Å². The number of anilines is 1. The van der Waals surface area contributed by atoms with Crippen LogP contribution in [0.4, 0.5) is 5.95 Å². The van der Waals surface area contributed by atoms with Crippen molar-refractivity contribution >= 4 is 5.95 Å². The molecule has 1 aromatic carbocycles. The second-order valence-electron chi connectivity index (χ2n) is 7.65. The Hall–Kier alpha value is -2.76. The van der Waals surface area contributed by atoms with Gasteiger partial charge in [0.05, 0.1) is 6.54 Å². The number of aromatic nitrogens is 5. The highest BCUT2D eigenvalue weighted by molar-refractivity contribution is 5.55. The molecule has 0 atom stereocenters. The van der Waals surface area contributed by atoms with Crippen LogP contribution in [-0.2, 0) is 19.5 Å². The smallest absolute Gasteiger partial charge is 0.226 e. The maximum atomic E-state index is 4.81. The van der Waals surface area contributed by atoms with E-state index in [1.807, 2.05) is 18.2 Å². The minimum atomic E-state index is 0.599. The highest BCUT2D eigenvalue weighted by Crippen LogP contribution is 2.25. The summed E-state index contributed by atoms with van der Waals surface area (Å²) in [5.41, 5.74) is 4.55. The number of benzene rings is 1. The van der Waals surface area contributed by atoms with Crippen LogP contribution in [0, 0.1) is 19.8 Å². The van der Waals surface area contributed by atoms with Crippen molar-refractivity contribution in [2.24, 2.45) is 5.92 Å². The molecule has 0 radical (unpaired) electrons. The number of aryl methyl sites for hydroxylation is 2. The predicted molar refractivity (Wildman–Crippen MR) is 107 cm³/mol. The first-order valence-corrected chi connectivity index (χ1v) is 9.59. The van der Waals surface area contributed by atoms with E-state index in [9.17, 15) is 0 Å². The van der Waals surface area contributed by atoms with E-state index >= 15 is 0 Å². The standard InChI is InChI=1S/C21H26N6/c1-14(2)12-18-15(3)22-21(23-16(18)4)26-10-11-27-19(13-26)24-25-20(27)17-8-6-5-7-9-17/h5-9,14H,10-13H2,1-4H3. The third-order valence-corrected chi connectivity index (χ3v) is 5.09. The lowest BCUT2D eigenvalue weighted by atomic mass is 10.0. The maximum absolute atomic E-state index is 4.81. The minimum absolute atomic E-state index is 0.599. The van der Waals surface area contributed by atoms with E-state index in [4.69, 9.17) is 9.97 Å². The van der Waals surface area contributed by atoms with E-state index in [0.717, 1.165) is 54.1 Å². The van der Waals surface area contributed by atoms with Crippen molar-refractivity contribution in [3.63, 3.8) is 0 Å². The number of fused-ring (bicyclic) bond motifs is 1. The fraction of sp³-hybridized carbons (Fsp3) is 0.429. The highest BCUT2D eigenvalue weighted by atomic mass is 15.4. The Kier molecular flexibility index (Phi) is 4.64. The molecular weight excluding hydrogens is 336 g/mol. The first kappa shape index (κ1) is 17.6. The van der Waals surface area contributed by atoms with Crippen LogP contribution in [0.15, 0.2) is 30.3 Å². The molecule has 140 valence electrons. The monoisotopic (exact) mass is 362 g/mol. The molecule has 0 amide bonds. The zero-order chi connectivity index (χ0) is 19.0. The van der Waals surface area contributed by atoms with Crippen LogP contribution >= 0.6 is 0 Å². The SMILES string of the molecule is Cc1nc(N2CCn3c(nnc3-c3ccccc3)C2)nc(C)c1CC(C)C. The van der Waals surface area contributed by atoms with E-state index in [1.54, 1.807) is 0 Å². The van der Waals surface area contributed by atoms with Crippen LogP contribution in [0.2, 0.25) is 0 Å². The lowest BCUT2D eigenvalue weighted by Gasteiger charge is -2.28. The molecule has 3 heterocycles. The molecule has 0 saturated carbocycles. The Labute approximate surface area is 160 Å². The summed E-state index contributed by atoms with van der Waals surface area (Å²) in [6, 6.07) is 10.2. The second-order valence-corrected chi connectivity index (χ2v) is 7.65. The lowest BCUT2D eigenvalue weighted by Crippen LogP contribution is -2.35. The van der Waals surface area contributed by atoms with Crippen molar-refractivity contribution < 1.29 is 0 Å². The normalized spacial score (nSPS) is 13.9. The summed E-state index contributed by atoms with van der Waals surface area (Å²) in [6.07, 6.45) is 1.02. The van der Waals surface area contributed by atoms with Crippen LogP contribution in [0.3, 0.4) is 0 Å². The zero-order valence-electron chi connectivity index (χ0n) is 16.5. The molecule has 1 aliphatic heterocycles. The van der Waals surface area contributed by atoms with Crippen LogP contribution < -0.4 is 4.90 Å². The van der Waals surface area contributed by atoms with Gasteiger partial charge >= 0.3 is 0 Å². The Morgan fingerprint density at radius 2 is 1.67 bits per heavy atom. The van der Waals surface area contributed by atoms with Gasteiger partial charge in [-0.3, -0.25) is 0 Å². The van der Waals surface area contributed by atoms with Crippen LogP contribution in [0.1, 0.15) is 36.6 Å². The fourth-order valence-corrected chi connectivity index (χ4v) is 3.70. The molecule has 0 aliphatic carbocycles. The maximum Gasteiger partial charge on any atom is 0.226 e. The van der Waals surface area contributed by atoms with Gasteiger partial charge in [-0.1, -0.05) is 44.2 Å². The van der Waals surface area contributed by atoms with Gasteiger partial charge < -0.3 is 9.47 Å². The first-order valence-electron chi connectivity index (χ1n) is 9.59. The van der Waals surface area contributed by atoms with E-state index in [-0.39, 0.29) is 0 Å². The third-order valence-electron chi connectivity index (χ3n) is 5.09. The van der Waals surface area contributed by atoms with Gasteiger partial charge in [0.2, 0.25) is 5.95 Å². The van der Waals surface area contributed by atoms with Gasteiger partial charge in [0.25, 0.3) is 0 Å². The van der Waals surface area contributed by atoms with E-state index in [0.29, 0.717) is 12.5 Å². The zero-order valence-corrected chi connectivity index (χ0v) is 16.5. The molecule has 6 nitrogen and oxygen atoms in total. The van der Waals surface area contributed by atoms with Crippen LogP contribution in [0.25, 0.3) is 11.4 Å². The summed E-state index contributed by atoms with van der Waals surface area (Å²) >= 11 is 0. The van der Waals surface area contributed by atoms with Crippen molar-refractivity contribution in [2.75, 3.05) is 11.4 Å². The van der Waals surface area contributed by atoms with Gasteiger partial charge in [-0.15, -0.1) is 10.2 Å². The van der Waals surface area contributed by atoms with Crippen molar-refractivity contribution in [3.05, 3.63) is 53.1 Å². The molecule has 0 spiro atoms. The Bertz CT molecular complexity index is 922. The Balaban J connectivity index is 1.60. The average molecular weight is 362 g/mol. The molecule has 3 aromatic rings. The summed E-state index contributed by atoms with van der Waals surface area (Å²) < 4.78 is 2.21. The summed E-state index contributed by atoms with van der Waals surface area (Å²) in [5, 5.41) is 8.85. The van der Waals surface area contributed by atoms with Crippen LogP contribution in [0.5, 0.6) is 0 Å². The molecular formula is C21H26N6. The first-order chi connectivity index (χ1) is 13.0. The summed E-state index contributed by atoms with van der Waals surface area (Å²) in [6.45, 7) is 11.0. The lowest BCUT2D eigenvalue weighted by molar-refractivity contribution is 0.552. The van der Waals surface area contributed by atoms with Gasteiger partial charge in [0.15, 0.2) is 11.6 Å². The quantitative estimate of drug-likeness (QED) is 0.710. The fourth-order valence-electron chi connectivity index (χ4n) is 3.70. The molecule has 2 aromatic heterocycles. The van der Waals surface area contributed by atoms with Crippen molar-refractivity contribution in [1.29, 1.82) is 0 Å². The molecule has 27 heavy (non-hydrogen) atoms. The van der Waals surface area contributed by atoms with Gasteiger partial charge in [0, 0.05) is 30.0 Å². The number of nitrogens with zero attached hydrogens (tertiary/aromatic N) is 6. The van der Waals surface area contributed by atoms with Gasteiger partial charge in [0.1, 0.15) is 0 Å². The molecule has 0 N–H and O–H groups in total. The van der Waals surface area contributed by atoms with Crippen LogP contribution in [-0.4, -0.2) is 31.3 Å². The van der Waals surface area contributed by atoms with Gasteiger partial charge in [-0.2, -0.15) is 0 Å². The van der Waals surface area contributed by atoms with Crippen molar-refractivity contribution in [2.45, 2.75) is 47.2 Å². The molecule has 0 saturated heterocycles. The number of rotatable bonds is 4. The molecule has 4 rings (SSSR count). The van der Waals surface area contributed by atoms with Gasteiger partial charge in [-0.05, 0) is 31.7 Å². The van der Waals surface area contributed by atoms with Gasteiger partial charge in [-0.25, -0.2) is 9.97 Å². The van der Waals surface area contributed by atoms with Crippen molar-refractivity contribution in [3.8, 4) is 11.4 Å². The largest absolute Gasteiger partial charge is 0.331 e. The van der Waals surface area contributed by atoms with E-state index in [1.165, 1.54) is 5.56 Å². The summed E-state index contributed by atoms with van der Waals surface area (Å²) in [5.74, 6) is 3.30. The average Bonchev–Trinajstić information content (AvgIpc) is 3.08. The molecule has 6 heteroatoms. The van der Waals surface area contributed by atoms with E-state index in [2.05, 4.69) is 59.5 Å². The third kappa shape index (κ3) is 3.44. The molecule has 0 fully saturated rings. The summed E-state index contributed by atoms with van der Waals surface area (Å²) in [4.78, 5) is 11.8. The van der Waals surface area contributed by atoms with Crippen molar-refractivity contribution in [1.82, 2.24) is 24.7 Å². The van der Waals surface area contributed by atoms with E-state index < -0.39 is 0 Å². The summed E-state index contributed by atoms with van der Waals surface area (Å²) in [7, 11) is 0. The second kappa shape index (κ2) is 7.10.